The molecule has 3 aromatic rings. The first-order chi connectivity index (χ1) is 14.2. The summed E-state index contributed by atoms with van der Waals surface area (Å²) in [5, 5.41) is 8.77. The Hall–Kier alpha value is -2.84. The molecule has 6 nitrogen and oxygen atoms in total. The Morgan fingerprint density at radius 2 is 1.73 bits per heavy atom. The first-order valence-corrected chi connectivity index (χ1v) is 10.3. The van der Waals surface area contributed by atoms with Crippen molar-refractivity contribution in [3.8, 4) is 0 Å². The van der Waals surface area contributed by atoms with Crippen LogP contribution in [0.1, 0.15) is 42.9 Å². The van der Waals surface area contributed by atoms with Crippen LogP contribution in [0.3, 0.4) is 0 Å². The van der Waals surface area contributed by atoms with Gasteiger partial charge in [0.2, 0.25) is 5.91 Å². The molecule has 0 aliphatic heterocycles. The Morgan fingerprint density at radius 3 is 2.27 bits per heavy atom. The number of rotatable bonds is 5. The third-order valence-electron chi connectivity index (χ3n) is 4.09. The molecule has 30 heavy (non-hydrogen) atoms. The summed E-state index contributed by atoms with van der Waals surface area (Å²) in [6.07, 6.45) is 0. The van der Waals surface area contributed by atoms with E-state index in [4.69, 9.17) is 11.6 Å². The minimum Gasteiger partial charge on any atom is -0.349 e. The molecule has 156 valence electrons. The average Bonchev–Trinajstić information content (AvgIpc) is 3.21. The number of amides is 2. The van der Waals surface area contributed by atoms with Crippen molar-refractivity contribution < 1.29 is 14.0 Å². The van der Waals surface area contributed by atoms with E-state index in [0.717, 1.165) is 11.5 Å². The largest absolute Gasteiger partial charge is 0.349 e. The predicted molar refractivity (Wildman–Crippen MR) is 115 cm³/mol. The average molecular weight is 447 g/mol. The normalized spacial score (nSPS) is 12.3. The molecule has 0 radical (unpaired) electrons. The number of aromatic nitrogens is 2. The smallest absolute Gasteiger partial charge is 0.280 e. The molecule has 0 fully saturated rings. The number of nitrogens with one attached hydrogen (secondary N) is 1. The summed E-state index contributed by atoms with van der Waals surface area (Å²) in [4.78, 5) is 28.0. The van der Waals surface area contributed by atoms with Gasteiger partial charge in [-0.1, -0.05) is 28.2 Å². The molecular formula is C21H20ClFN4O2S. The van der Waals surface area contributed by atoms with Gasteiger partial charge in [0, 0.05) is 21.6 Å². The zero-order valence-electron chi connectivity index (χ0n) is 16.6. The second-order valence-corrected chi connectivity index (χ2v) is 8.68. The van der Waals surface area contributed by atoms with E-state index in [0.29, 0.717) is 16.3 Å². The zero-order chi connectivity index (χ0) is 21.9. The molecule has 1 N–H and O–H groups in total. The molecule has 0 aliphatic carbocycles. The van der Waals surface area contributed by atoms with Crippen LogP contribution >= 0.6 is 23.1 Å². The minimum absolute atomic E-state index is 0.102. The van der Waals surface area contributed by atoms with Gasteiger partial charge in [-0.25, -0.2) is 4.39 Å². The Bertz CT molecular complexity index is 1020. The van der Waals surface area contributed by atoms with E-state index in [9.17, 15) is 14.0 Å². The Balaban J connectivity index is 2.16. The highest BCUT2D eigenvalue weighted by Crippen LogP contribution is 2.31. The first kappa shape index (κ1) is 21.9. The highest BCUT2D eigenvalue weighted by molar-refractivity contribution is 7.03. The highest BCUT2D eigenvalue weighted by atomic mass is 35.5. The van der Waals surface area contributed by atoms with Crippen molar-refractivity contribution in [2.75, 3.05) is 4.90 Å². The van der Waals surface area contributed by atoms with Crippen molar-refractivity contribution in [3.63, 3.8) is 0 Å². The highest BCUT2D eigenvalue weighted by Gasteiger charge is 2.35. The molecule has 0 unspecified atom stereocenters. The van der Waals surface area contributed by atoms with E-state index >= 15 is 0 Å². The van der Waals surface area contributed by atoms with E-state index in [1.165, 1.54) is 34.5 Å². The molecule has 2 amide bonds. The van der Waals surface area contributed by atoms with Gasteiger partial charge in [-0.3, -0.25) is 14.5 Å². The molecule has 1 heterocycles. The Kier molecular flexibility index (Phi) is 6.48. The molecule has 2 aromatic carbocycles. The summed E-state index contributed by atoms with van der Waals surface area (Å²) in [7, 11) is 0. The fourth-order valence-electron chi connectivity index (χ4n) is 2.87. The van der Waals surface area contributed by atoms with Crippen LogP contribution in [0.2, 0.25) is 5.02 Å². The number of carbonyl (C=O) groups is 2. The lowest BCUT2D eigenvalue weighted by molar-refractivity contribution is -0.123. The van der Waals surface area contributed by atoms with Gasteiger partial charge in [0.05, 0.1) is 0 Å². The lowest BCUT2D eigenvalue weighted by Crippen LogP contribution is -2.49. The Morgan fingerprint density at radius 1 is 1.10 bits per heavy atom. The van der Waals surface area contributed by atoms with Crippen molar-refractivity contribution in [2.24, 2.45) is 0 Å². The number of halogens is 2. The van der Waals surface area contributed by atoms with Crippen molar-refractivity contribution in [2.45, 2.75) is 32.4 Å². The third kappa shape index (κ3) is 5.20. The number of nitrogens with zero attached hydrogens (tertiary/aromatic N) is 3. The molecule has 0 saturated heterocycles. The van der Waals surface area contributed by atoms with Gasteiger partial charge in [0.1, 0.15) is 11.9 Å². The van der Waals surface area contributed by atoms with Crippen LogP contribution in [0, 0.1) is 5.82 Å². The van der Waals surface area contributed by atoms with Crippen LogP contribution in [0.25, 0.3) is 0 Å². The van der Waals surface area contributed by atoms with E-state index in [1.807, 2.05) is 20.8 Å². The van der Waals surface area contributed by atoms with Gasteiger partial charge in [0.25, 0.3) is 5.91 Å². The van der Waals surface area contributed by atoms with Crippen molar-refractivity contribution in [1.82, 2.24) is 14.9 Å². The number of anilines is 1. The number of hydrogen-bond donors (Lipinski definition) is 1. The van der Waals surface area contributed by atoms with Crippen molar-refractivity contribution >= 4 is 40.6 Å². The van der Waals surface area contributed by atoms with E-state index < -0.39 is 29.2 Å². The summed E-state index contributed by atoms with van der Waals surface area (Å²) in [6, 6.07) is 10.9. The number of carbonyl (C=O) groups excluding carboxylic acids is 2. The molecule has 3 rings (SSSR count). The summed E-state index contributed by atoms with van der Waals surface area (Å²) < 4.78 is 17.3. The number of benzene rings is 2. The van der Waals surface area contributed by atoms with Gasteiger partial charge in [-0.15, -0.1) is 5.10 Å². The van der Waals surface area contributed by atoms with Crippen LogP contribution in [0.5, 0.6) is 0 Å². The summed E-state index contributed by atoms with van der Waals surface area (Å²) in [5.41, 5.74) is 0.442. The van der Waals surface area contributed by atoms with Gasteiger partial charge in [0.15, 0.2) is 5.69 Å². The maximum atomic E-state index is 13.6. The second kappa shape index (κ2) is 8.89. The van der Waals surface area contributed by atoms with Gasteiger partial charge >= 0.3 is 0 Å². The fraction of sp³-hybridized carbons (Fsp3) is 0.238. The Labute approximate surface area is 182 Å². The maximum absolute atomic E-state index is 13.6. The van der Waals surface area contributed by atoms with Crippen LogP contribution in [-0.4, -0.2) is 26.9 Å². The molecule has 0 saturated carbocycles. The van der Waals surface area contributed by atoms with Gasteiger partial charge in [-0.05, 0) is 74.3 Å². The van der Waals surface area contributed by atoms with Crippen molar-refractivity contribution in [3.05, 3.63) is 76.0 Å². The molecule has 0 bridgehead atoms. The lowest BCUT2D eigenvalue weighted by atomic mass is 10.0. The lowest BCUT2D eigenvalue weighted by Gasteiger charge is -2.33. The maximum Gasteiger partial charge on any atom is 0.280 e. The monoisotopic (exact) mass is 446 g/mol. The summed E-state index contributed by atoms with van der Waals surface area (Å²) >= 11 is 7.05. The quantitative estimate of drug-likeness (QED) is 0.619. The molecule has 1 aromatic heterocycles. The van der Waals surface area contributed by atoms with Crippen LogP contribution in [-0.2, 0) is 4.79 Å². The topological polar surface area (TPSA) is 75.2 Å². The van der Waals surface area contributed by atoms with E-state index in [-0.39, 0.29) is 5.69 Å². The van der Waals surface area contributed by atoms with Crippen LogP contribution in [0.4, 0.5) is 10.1 Å². The van der Waals surface area contributed by atoms with Crippen LogP contribution < -0.4 is 10.2 Å². The predicted octanol–water partition coefficient (Wildman–Crippen LogP) is 4.63. The summed E-state index contributed by atoms with van der Waals surface area (Å²) in [6.45, 7) is 5.52. The van der Waals surface area contributed by atoms with Crippen LogP contribution in [0.15, 0.2) is 53.9 Å². The SMILES string of the molecule is CC(C)(C)NC(=O)[C@@H](c1ccc(F)cc1)N(C(=O)c1csnn1)c1ccc(Cl)cc1. The minimum atomic E-state index is -1.07. The second-order valence-electron chi connectivity index (χ2n) is 7.64. The van der Waals surface area contributed by atoms with E-state index in [1.54, 1.807) is 24.3 Å². The number of hydrogen-bond acceptors (Lipinski definition) is 5. The van der Waals surface area contributed by atoms with Gasteiger partial charge < -0.3 is 5.32 Å². The third-order valence-corrected chi connectivity index (χ3v) is 4.85. The molecule has 9 heteroatoms. The molecular weight excluding hydrogens is 427 g/mol. The first-order valence-electron chi connectivity index (χ1n) is 9.09. The molecule has 1 atom stereocenters. The van der Waals surface area contributed by atoms with Crippen molar-refractivity contribution in [1.29, 1.82) is 0 Å². The summed E-state index contributed by atoms with van der Waals surface area (Å²) in [5.74, 6) is -1.37. The fourth-order valence-corrected chi connectivity index (χ4v) is 3.42. The molecule has 0 aliphatic rings. The van der Waals surface area contributed by atoms with E-state index in [2.05, 4.69) is 14.9 Å². The zero-order valence-corrected chi connectivity index (χ0v) is 18.2. The molecule has 0 spiro atoms. The standard InChI is InChI=1S/C21H20ClFN4O2S/c1-21(2,3)24-19(28)18(13-4-8-15(23)9-5-13)27(16-10-6-14(22)7-11-16)20(29)17-12-30-26-25-17/h4-12,18H,1-3H3,(H,24,28)/t18-/m1/s1. The van der Waals surface area contributed by atoms with Gasteiger partial charge in [-0.2, -0.15) is 0 Å².